The Morgan fingerprint density at radius 3 is 2.90 bits per heavy atom. The number of furan rings is 1. The molecule has 7 nitrogen and oxygen atoms in total. The zero-order valence-electron chi connectivity index (χ0n) is 10.9. The molecule has 0 unspecified atom stereocenters. The molecule has 2 aromatic heterocycles. The summed E-state index contributed by atoms with van der Waals surface area (Å²) in [6, 6.07) is 4.75. The quantitative estimate of drug-likeness (QED) is 0.863. The van der Waals surface area contributed by atoms with Crippen molar-refractivity contribution in [3.63, 3.8) is 0 Å². The molecule has 8 heteroatoms. The molecule has 20 heavy (non-hydrogen) atoms. The maximum absolute atomic E-state index is 11.7. The van der Waals surface area contributed by atoms with Gasteiger partial charge >= 0.3 is 0 Å². The second-order valence-corrected chi connectivity index (χ2v) is 6.60. The van der Waals surface area contributed by atoms with Crippen LogP contribution in [-0.2, 0) is 16.4 Å². The Morgan fingerprint density at radius 2 is 2.25 bits per heavy atom. The van der Waals surface area contributed by atoms with Crippen LogP contribution in [0.15, 0.2) is 35.1 Å². The number of aryl methyl sites for hydroxylation is 1. The summed E-state index contributed by atoms with van der Waals surface area (Å²) in [4.78, 5) is 11.7. The van der Waals surface area contributed by atoms with Crippen molar-refractivity contribution in [3.05, 3.63) is 36.4 Å². The van der Waals surface area contributed by atoms with E-state index in [2.05, 4.69) is 10.4 Å². The fourth-order valence-electron chi connectivity index (χ4n) is 1.52. The largest absolute Gasteiger partial charge is 0.459 e. The fourth-order valence-corrected chi connectivity index (χ4v) is 2.27. The third-order valence-corrected chi connectivity index (χ3v) is 4.38. The number of hydrogen-bond acceptors (Lipinski definition) is 5. The molecule has 108 valence electrons. The Balaban J connectivity index is 1.94. The average Bonchev–Trinajstić information content (AvgIpc) is 3.08. The van der Waals surface area contributed by atoms with Gasteiger partial charge in [-0.15, -0.1) is 0 Å². The number of hydrogen-bond donors (Lipinski definition) is 1. The Kier molecular flexibility index (Phi) is 4.23. The van der Waals surface area contributed by atoms with E-state index >= 15 is 0 Å². The van der Waals surface area contributed by atoms with Gasteiger partial charge in [0, 0.05) is 18.0 Å². The second-order valence-electron chi connectivity index (χ2n) is 4.13. The molecule has 0 radical (unpaired) electrons. The topological polar surface area (TPSA) is 94.2 Å². The molecule has 0 aromatic carbocycles. The molecule has 0 saturated heterocycles. The van der Waals surface area contributed by atoms with Crippen molar-refractivity contribution in [2.75, 3.05) is 16.8 Å². The highest BCUT2D eigenvalue weighted by Crippen LogP contribution is 2.07. The zero-order valence-corrected chi connectivity index (χ0v) is 11.8. The van der Waals surface area contributed by atoms with Gasteiger partial charge in [0.15, 0.2) is 21.4 Å². The number of anilines is 1. The van der Waals surface area contributed by atoms with Gasteiger partial charge in [-0.25, -0.2) is 8.42 Å². The first-order valence-corrected chi connectivity index (χ1v) is 7.91. The summed E-state index contributed by atoms with van der Waals surface area (Å²) in [5.74, 6) is 0.266. The molecule has 0 spiro atoms. The summed E-state index contributed by atoms with van der Waals surface area (Å²) in [6.07, 6.45) is 3.02. The van der Waals surface area contributed by atoms with Crippen LogP contribution in [0.25, 0.3) is 0 Å². The number of sulfone groups is 1. The molecular weight excluding hydrogens is 282 g/mol. The lowest BCUT2D eigenvalue weighted by Gasteiger charge is -2.02. The minimum absolute atomic E-state index is 0.0246. The van der Waals surface area contributed by atoms with E-state index in [4.69, 9.17) is 4.42 Å². The SMILES string of the molecule is CCS(=O)(=O)CCn1ccc(NC(=O)c2ccco2)n1. The number of carbonyl (C=O) groups excluding carboxylic acids is 1. The lowest BCUT2D eigenvalue weighted by atomic mass is 10.4. The molecular formula is C12H15N3O4S. The van der Waals surface area contributed by atoms with Crippen LogP contribution in [0, 0.1) is 0 Å². The number of nitrogens with one attached hydrogen (secondary N) is 1. The lowest BCUT2D eigenvalue weighted by Crippen LogP contribution is -2.16. The first-order valence-electron chi connectivity index (χ1n) is 6.09. The van der Waals surface area contributed by atoms with E-state index in [1.165, 1.54) is 10.9 Å². The lowest BCUT2D eigenvalue weighted by molar-refractivity contribution is 0.0996. The number of nitrogens with zero attached hydrogens (tertiary/aromatic N) is 2. The van der Waals surface area contributed by atoms with Gasteiger partial charge in [0.2, 0.25) is 0 Å². The smallest absolute Gasteiger partial charge is 0.292 e. The van der Waals surface area contributed by atoms with Gasteiger partial charge in [-0.2, -0.15) is 5.10 Å². The van der Waals surface area contributed by atoms with Gasteiger partial charge in [-0.05, 0) is 12.1 Å². The van der Waals surface area contributed by atoms with Crippen molar-refractivity contribution in [2.24, 2.45) is 0 Å². The molecule has 0 bridgehead atoms. The number of amides is 1. The summed E-state index contributed by atoms with van der Waals surface area (Å²) in [5.41, 5.74) is 0. The predicted molar refractivity (Wildman–Crippen MR) is 73.2 cm³/mol. The highest BCUT2D eigenvalue weighted by molar-refractivity contribution is 7.91. The maximum Gasteiger partial charge on any atom is 0.292 e. The molecule has 0 saturated carbocycles. The van der Waals surface area contributed by atoms with E-state index in [9.17, 15) is 13.2 Å². The average molecular weight is 297 g/mol. The Bertz CT molecular complexity index is 673. The molecule has 1 N–H and O–H groups in total. The normalized spacial score (nSPS) is 11.4. The minimum atomic E-state index is -3.03. The van der Waals surface area contributed by atoms with E-state index in [1.54, 1.807) is 31.3 Å². The van der Waals surface area contributed by atoms with Crippen LogP contribution in [-0.4, -0.2) is 35.6 Å². The molecule has 2 heterocycles. The second kappa shape index (κ2) is 5.91. The summed E-state index contributed by atoms with van der Waals surface area (Å²) < 4.78 is 29.2. The first-order chi connectivity index (χ1) is 9.50. The molecule has 0 atom stereocenters. The highest BCUT2D eigenvalue weighted by atomic mass is 32.2. The molecule has 0 aliphatic carbocycles. The Labute approximate surface area is 116 Å². The van der Waals surface area contributed by atoms with Gasteiger partial charge in [-0.3, -0.25) is 9.48 Å². The van der Waals surface area contributed by atoms with Crippen molar-refractivity contribution >= 4 is 21.6 Å². The summed E-state index contributed by atoms with van der Waals surface area (Å²) in [6.45, 7) is 1.86. The summed E-state index contributed by atoms with van der Waals surface area (Å²) in [5, 5.41) is 6.64. The standard InChI is InChI=1S/C12H15N3O4S/c1-2-20(17,18)9-7-15-6-5-11(14-15)13-12(16)10-4-3-8-19-10/h3-6,8H,2,7,9H2,1H3,(H,13,14,16). The maximum atomic E-state index is 11.7. The molecule has 0 fully saturated rings. The minimum Gasteiger partial charge on any atom is -0.459 e. The number of rotatable bonds is 6. The predicted octanol–water partition coefficient (Wildman–Crippen LogP) is 1.16. The Hall–Kier alpha value is -2.09. The molecule has 1 amide bonds. The molecule has 0 aliphatic heterocycles. The van der Waals surface area contributed by atoms with E-state index in [0.29, 0.717) is 5.82 Å². The first kappa shape index (κ1) is 14.3. The summed E-state index contributed by atoms with van der Waals surface area (Å²) >= 11 is 0. The molecule has 2 aromatic rings. The van der Waals surface area contributed by atoms with Crippen molar-refractivity contribution in [1.29, 1.82) is 0 Å². The van der Waals surface area contributed by atoms with Crippen LogP contribution >= 0.6 is 0 Å². The van der Waals surface area contributed by atoms with Gasteiger partial charge in [0.05, 0.1) is 18.6 Å². The van der Waals surface area contributed by atoms with Crippen molar-refractivity contribution in [2.45, 2.75) is 13.5 Å². The Morgan fingerprint density at radius 1 is 1.45 bits per heavy atom. The third-order valence-electron chi connectivity index (χ3n) is 2.70. The van der Waals surface area contributed by atoms with E-state index in [-0.39, 0.29) is 23.8 Å². The van der Waals surface area contributed by atoms with Crippen LogP contribution in [0.5, 0.6) is 0 Å². The van der Waals surface area contributed by atoms with Gasteiger partial charge < -0.3 is 9.73 Å². The van der Waals surface area contributed by atoms with Gasteiger partial charge in [-0.1, -0.05) is 6.92 Å². The molecule has 2 rings (SSSR count). The van der Waals surface area contributed by atoms with Crippen molar-refractivity contribution in [3.8, 4) is 0 Å². The third kappa shape index (κ3) is 3.70. The monoisotopic (exact) mass is 297 g/mol. The van der Waals surface area contributed by atoms with Crippen LogP contribution in [0.2, 0.25) is 0 Å². The zero-order chi connectivity index (χ0) is 14.6. The van der Waals surface area contributed by atoms with Crippen LogP contribution in [0.1, 0.15) is 17.5 Å². The number of carbonyl (C=O) groups is 1. The van der Waals surface area contributed by atoms with Crippen molar-refractivity contribution < 1.29 is 17.6 Å². The molecule has 0 aliphatic rings. The summed E-state index contributed by atoms with van der Waals surface area (Å²) in [7, 11) is -3.03. The van der Waals surface area contributed by atoms with E-state index in [0.717, 1.165) is 0 Å². The van der Waals surface area contributed by atoms with E-state index < -0.39 is 15.7 Å². The highest BCUT2D eigenvalue weighted by Gasteiger charge is 2.11. The van der Waals surface area contributed by atoms with Gasteiger partial charge in [0.1, 0.15) is 0 Å². The fraction of sp³-hybridized carbons (Fsp3) is 0.333. The van der Waals surface area contributed by atoms with Gasteiger partial charge in [0.25, 0.3) is 5.91 Å². The number of aromatic nitrogens is 2. The van der Waals surface area contributed by atoms with Crippen molar-refractivity contribution in [1.82, 2.24) is 9.78 Å². The van der Waals surface area contributed by atoms with E-state index in [1.807, 2.05) is 0 Å². The van der Waals surface area contributed by atoms with Crippen LogP contribution in [0.3, 0.4) is 0 Å². The van der Waals surface area contributed by atoms with Crippen LogP contribution < -0.4 is 5.32 Å². The van der Waals surface area contributed by atoms with Crippen LogP contribution in [0.4, 0.5) is 5.82 Å².